The lowest BCUT2D eigenvalue weighted by molar-refractivity contribution is -0.140. The molecule has 9 nitrogen and oxygen atoms in total. The number of methoxy groups -OCH3 is 1. The number of halogens is 2. The van der Waals surface area contributed by atoms with Crippen molar-refractivity contribution in [2.45, 2.75) is 63.8 Å². The van der Waals surface area contributed by atoms with Crippen LogP contribution >= 0.6 is 34.3 Å². The number of aryl methyl sites for hydroxylation is 1. The Morgan fingerprint density at radius 3 is 2.68 bits per heavy atom. The van der Waals surface area contributed by atoms with Gasteiger partial charge in [-0.05, 0) is 50.5 Å². The van der Waals surface area contributed by atoms with Gasteiger partial charge in [0.05, 0.1) is 54.5 Å². The fraction of sp³-hybridized carbons (Fsp3) is 0.412. The second-order valence-corrected chi connectivity index (χ2v) is 14.6. The molecule has 0 radical (unpaired) electrons. The number of ether oxygens (including phenoxy) is 2. The lowest BCUT2D eigenvalue weighted by atomic mass is 10.1. The summed E-state index contributed by atoms with van der Waals surface area (Å²) in [5.74, 6) is -1.55. The highest BCUT2D eigenvalue weighted by atomic mass is 35.5. The van der Waals surface area contributed by atoms with Gasteiger partial charge in [-0.3, -0.25) is 19.3 Å². The van der Waals surface area contributed by atoms with Gasteiger partial charge >= 0.3 is 5.97 Å². The van der Waals surface area contributed by atoms with Crippen molar-refractivity contribution in [1.82, 2.24) is 14.8 Å². The minimum Gasteiger partial charge on any atom is -0.469 e. The lowest BCUT2D eigenvalue weighted by Crippen LogP contribution is -2.51. The maximum absolute atomic E-state index is 15.5. The summed E-state index contributed by atoms with van der Waals surface area (Å²) in [4.78, 5) is 48.5. The average Bonchev–Trinajstić information content (AvgIpc) is 3.80. The molecule has 2 aromatic heterocycles. The van der Waals surface area contributed by atoms with Crippen LogP contribution < -0.4 is 5.32 Å². The van der Waals surface area contributed by atoms with E-state index >= 15 is 4.39 Å². The van der Waals surface area contributed by atoms with E-state index in [0.29, 0.717) is 24.9 Å². The number of fused-ring (bicyclic) bond motifs is 1. The average molecular weight is 699 g/mol. The summed E-state index contributed by atoms with van der Waals surface area (Å²) >= 11 is 9.48. The Labute approximate surface area is 285 Å². The van der Waals surface area contributed by atoms with Crippen molar-refractivity contribution < 1.29 is 28.2 Å². The van der Waals surface area contributed by atoms with E-state index in [2.05, 4.69) is 15.2 Å². The molecule has 13 heteroatoms. The van der Waals surface area contributed by atoms with Gasteiger partial charge in [0.25, 0.3) is 5.91 Å². The van der Waals surface area contributed by atoms with Crippen LogP contribution in [0, 0.1) is 5.82 Å². The number of nitrogens with one attached hydrogen (secondary N) is 1. The number of carbonyl (C=O) groups excluding carboxylic acids is 3. The molecule has 0 aliphatic carbocycles. The second-order valence-electron chi connectivity index (χ2n) is 12.1. The molecule has 0 bridgehead atoms. The Bertz CT molecular complexity index is 1790. The van der Waals surface area contributed by atoms with Gasteiger partial charge in [0.2, 0.25) is 5.91 Å². The van der Waals surface area contributed by atoms with Crippen LogP contribution in [-0.2, 0) is 31.9 Å². The summed E-state index contributed by atoms with van der Waals surface area (Å²) < 4.78 is 27.2. The van der Waals surface area contributed by atoms with Crippen LogP contribution in [0.1, 0.15) is 58.5 Å². The molecule has 4 aromatic rings. The van der Waals surface area contributed by atoms with Crippen molar-refractivity contribution in [2.24, 2.45) is 0 Å². The van der Waals surface area contributed by atoms with E-state index in [1.807, 2.05) is 38.1 Å². The number of thiazole rings is 1. The number of thiophene rings is 1. The van der Waals surface area contributed by atoms with Crippen molar-refractivity contribution in [1.29, 1.82) is 0 Å². The van der Waals surface area contributed by atoms with Gasteiger partial charge in [-0.2, -0.15) is 0 Å². The topological polar surface area (TPSA) is 101 Å². The molecule has 1 N–H and O–H groups in total. The van der Waals surface area contributed by atoms with Gasteiger partial charge in [0, 0.05) is 52.2 Å². The van der Waals surface area contributed by atoms with Gasteiger partial charge < -0.3 is 19.7 Å². The van der Waals surface area contributed by atoms with Gasteiger partial charge in [-0.15, -0.1) is 22.7 Å². The first kappa shape index (κ1) is 33.5. The number of nitrogens with zero attached hydrogens (tertiary/aromatic N) is 3. The zero-order valence-corrected chi connectivity index (χ0v) is 28.7. The third-order valence-corrected chi connectivity index (χ3v) is 11.1. The molecule has 2 saturated heterocycles. The predicted octanol–water partition coefficient (Wildman–Crippen LogP) is 6.50. The third kappa shape index (κ3) is 7.52. The molecule has 248 valence electrons. The highest BCUT2D eigenvalue weighted by molar-refractivity contribution is 7.17. The number of rotatable bonds is 9. The van der Waals surface area contributed by atoms with Crippen molar-refractivity contribution in [3.63, 3.8) is 0 Å². The molecule has 6 rings (SSSR count). The zero-order valence-electron chi connectivity index (χ0n) is 26.3. The number of esters is 1. The second kappa shape index (κ2) is 14.4. The number of morpholine rings is 1. The highest BCUT2D eigenvalue weighted by Gasteiger charge is 2.42. The van der Waals surface area contributed by atoms with Crippen LogP contribution in [0.4, 0.5) is 10.1 Å². The molecule has 4 atom stereocenters. The maximum atomic E-state index is 15.5. The number of benzene rings is 2. The molecule has 2 aliphatic heterocycles. The van der Waals surface area contributed by atoms with E-state index in [1.165, 1.54) is 41.9 Å². The third-order valence-electron chi connectivity index (χ3n) is 8.67. The normalized spacial score (nSPS) is 21.7. The van der Waals surface area contributed by atoms with E-state index in [4.69, 9.17) is 21.1 Å². The monoisotopic (exact) mass is 698 g/mol. The number of aromatic nitrogens is 1. The molecule has 0 saturated carbocycles. The number of hydrogen-bond acceptors (Lipinski definition) is 9. The molecule has 2 aromatic carbocycles. The summed E-state index contributed by atoms with van der Waals surface area (Å²) in [6.07, 6.45) is 3.12. The van der Waals surface area contributed by atoms with Crippen LogP contribution in [-0.4, -0.2) is 77.6 Å². The molecular formula is C34H36ClFN4O5S2. The quantitative estimate of drug-likeness (QED) is 0.199. The summed E-state index contributed by atoms with van der Waals surface area (Å²) in [5, 5.41) is 6.23. The molecule has 2 fully saturated rings. The minimum absolute atomic E-state index is 0.0699. The largest absolute Gasteiger partial charge is 0.469 e. The SMILES string of the molecule is COC(=O)CCc1cnc([C@@H]2C[C@H](N3C[C@@H](C)O[C@@H](C)C3)CN2C(=O)Cc2cc(Cl)c(NC(=O)c3csc4ccccc34)cc2F)s1. The fourth-order valence-corrected chi connectivity index (χ4v) is 8.67. The summed E-state index contributed by atoms with van der Waals surface area (Å²) in [6.45, 7) is 6.08. The van der Waals surface area contributed by atoms with Crippen molar-refractivity contribution in [3.05, 3.63) is 79.8 Å². The van der Waals surface area contributed by atoms with Crippen molar-refractivity contribution in [2.75, 3.05) is 32.1 Å². The zero-order chi connectivity index (χ0) is 33.2. The molecule has 47 heavy (non-hydrogen) atoms. The van der Waals surface area contributed by atoms with E-state index in [9.17, 15) is 14.4 Å². The van der Waals surface area contributed by atoms with Crippen molar-refractivity contribution in [3.8, 4) is 0 Å². The van der Waals surface area contributed by atoms with E-state index in [1.54, 1.807) is 16.5 Å². The van der Waals surface area contributed by atoms with Crippen LogP contribution in [0.15, 0.2) is 48.0 Å². The number of anilines is 1. The molecule has 4 heterocycles. The predicted molar refractivity (Wildman–Crippen MR) is 182 cm³/mol. The number of likely N-dealkylation sites (tertiary alicyclic amines) is 1. The number of amides is 2. The Hall–Kier alpha value is -3.42. The Morgan fingerprint density at radius 2 is 1.91 bits per heavy atom. The van der Waals surface area contributed by atoms with Gasteiger partial charge in [0.1, 0.15) is 10.8 Å². The van der Waals surface area contributed by atoms with Gasteiger partial charge in [-0.25, -0.2) is 9.37 Å². The molecule has 0 unspecified atom stereocenters. The molecular weight excluding hydrogens is 663 g/mol. The lowest BCUT2D eigenvalue weighted by Gasteiger charge is -2.38. The Morgan fingerprint density at radius 1 is 1.15 bits per heavy atom. The first-order valence-corrected chi connectivity index (χ1v) is 17.6. The van der Waals surface area contributed by atoms with Crippen LogP contribution in [0.3, 0.4) is 0 Å². The fourth-order valence-electron chi connectivity index (χ4n) is 6.45. The van der Waals surface area contributed by atoms with Gasteiger partial charge in [-0.1, -0.05) is 29.8 Å². The molecule has 2 amide bonds. The Kier molecular flexibility index (Phi) is 10.2. The smallest absolute Gasteiger partial charge is 0.305 e. The van der Waals surface area contributed by atoms with Crippen LogP contribution in [0.2, 0.25) is 5.02 Å². The summed E-state index contributed by atoms with van der Waals surface area (Å²) in [5.41, 5.74) is 0.765. The Balaban J connectivity index is 1.20. The van der Waals surface area contributed by atoms with E-state index in [0.717, 1.165) is 33.1 Å². The van der Waals surface area contributed by atoms with Gasteiger partial charge in [0.15, 0.2) is 0 Å². The van der Waals surface area contributed by atoms with Crippen LogP contribution in [0.25, 0.3) is 10.1 Å². The van der Waals surface area contributed by atoms with E-state index in [-0.39, 0.29) is 71.2 Å². The maximum Gasteiger partial charge on any atom is 0.305 e. The summed E-state index contributed by atoms with van der Waals surface area (Å²) in [7, 11) is 1.36. The minimum atomic E-state index is -0.629. The highest BCUT2D eigenvalue weighted by Crippen LogP contribution is 2.38. The van der Waals surface area contributed by atoms with E-state index < -0.39 is 5.82 Å². The number of carbonyl (C=O) groups is 3. The molecule has 2 aliphatic rings. The standard InChI is InChI=1S/C34H36ClFN4O5S2/c1-19-15-39(16-20(2)45-19)22-12-29(34-37-14-23(47-34)8-9-32(42)44-3)40(17-22)31(41)11-21-10-26(35)28(13-27(21)36)38-33(43)25-18-46-30-7-5-4-6-24(25)30/h4-7,10,13-14,18-20,22,29H,8-9,11-12,15-17H2,1-3H3,(H,38,43)/t19-,20+,22-,29-/m0/s1. The van der Waals surface area contributed by atoms with Crippen molar-refractivity contribution >= 4 is 67.8 Å². The number of hydrogen-bond donors (Lipinski definition) is 1. The van der Waals surface area contributed by atoms with Crippen LogP contribution in [0.5, 0.6) is 0 Å². The molecule has 0 spiro atoms. The first-order chi connectivity index (χ1) is 22.6. The summed E-state index contributed by atoms with van der Waals surface area (Å²) in [6, 6.07) is 9.94. The first-order valence-electron chi connectivity index (χ1n) is 15.6.